The van der Waals surface area contributed by atoms with E-state index in [4.69, 9.17) is 0 Å². The molecule has 0 aromatic heterocycles. The van der Waals surface area contributed by atoms with Crippen LogP contribution in [-0.4, -0.2) is 33.4 Å². The summed E-state index contributed by atoms with van der Waals surface area (Å²) in [6.45, 7) is 3.89. The first kappa shape index (κ1) is 9.87. The maximum absolute atomic E-state index is 10.9. The van der Waals surface area contributed by atoms with Crippen LogP contribution in [0, 0.1) is 6.92 Å². The lowest BCUT2D eigenvalue weighted by Crippen LogP contribution is -2.35. The predicted molar refractivity (Wildman–Crippen MR) is 40.6 cm³/mol. The lowest BCUT2D eigenvalue weighted by Gasteiger charge is -2.10. The van der Waals surface area contributed by atoms with Crippen molar-refractivity contribution >= 4 is 10.2 Å². The minimum atomic E-state index is -3.22. The SMILES string of the molecule is [CH2]CCNS(=O)(=O)N(C)C. The first-order valence-corrected chi connectivity index (χ1v) is 4.41. The fourth-order valence-corrected chi connectivity index (χ4v) is 0.991. The van der Waals surface area contributed by atoms with Crippen LogP contribution >= 0.6 is 0 Å². The molecule has 1 N–H and O–H groups in total. The molecule has 0 aliphatic carbocycles. The molecule has 0 aliphatic heterocycles. The van der Waals surface area contributed by atoms with Crippen LogP contribution in [0.4, 0.5) is 0 Å². The zero-order valence-corrected chi connectivity index (χ0v) is 7.11. The smallest absolute Gasteiger partial charge is 0.202 e. The van der Waals surface area contributed by atoms with Gasteiger partial charge >= 0.3 is 0 Å². The Kier molecular flexibility index (Phi) is 3.85. The standard InChI is InChI=1S/C5H13N2O2S/c1-4-5-6-10(8,9)7(2)3/h6H,1,4-5H2,2-3H3. The summed E-state index contributed by atoms with van der Waals surface area (Å²) >= 11 is 0. The number of hydrogen-bond donors (Lipinski definition) is 1. The largest absolute Gasteiger partial charge is 0.278 e. The fraction of sp³-hybridized carbons (Fsp3) is 0.800. The Hall–Kier alpha value is -0.130. The minimum Gasteiger partial charge on any atom is -0.202 e. The molecule has 0 spiro atoms. The van der Waals surface area contributed by atoms with Gasteiger partial charge in [0.05, 0.1) is 0 Å². The predicted octanol–water partition coefficient (Wildman–Crippen LogP) is -0.393. The van der Waals surface area contributed by atoms with Gasteiger partial charge in [0.2, 0.25) is 0 Å². The molecule has 10 heavy (non-hydrogen) atoms. The van der Waals surface area contributed by atoms with Crippen LogP contribution in [0.1, 0.15) is 6.42 Å². The summed E-state index contributed by atoms with van der Waals surface area (Å²) < 4.78 is 25.2. The summed E-state index contributed by atoms with van der Waals surface area (Å²) in [5.41, 5.74) is 0. The van der Waals surface area contributed by atoms with Crippen LogP contribution in [0.2, 0.25) is 0 Å². The van der Waals surface area contributed by atoms with Gasteiger partial charge < -0.3 is 0 Å². The topological polar surface area (TPSA) is 49.4 Å². The van der Waals surface area contributed by atoms with Crippen molar-refractivity contribution in [2.75, 3.05) is 20.6 Å². The molecule has 0 fully saturated rings. The molecule has 0 aromatic carbocycles. The van der Waals surface area contributed by atoms with Gasteiger partial charge in [-0.25, -0.2) is 4.72 Å². The molecule has 0 unspecified atom stereocenters. The van der Waals surface area contributed by atoms with Crippen molar-refractivity contribution in [2.24, 2.45) is 0 Å². The van der Waals surface area contributed by atoms with Crippen molar-refractivity contribution in [3.8, 4) is 0 Å². The van der Waals surface area contributed by atoms with Gasteiger partial charge in [-0.15, -0.1) is 0 Å². The monoisotopic (exact) mass is 165 g/mol. The number of nitrogens with zero attached hydrogens (tertiary/aromatic N) is 1. The van der Waals surface area contributed by atoms with Crippen molar-refractivity contribution in [3.05, 3.63) is 6.92 Å². The van der Waals surface area contributed by atoms with Crippen LogP contribution in [0.15, 0.2) is 0 Å². The summed E-state index contributed by atoms with van der Waals surface area (Å²) in [7, 11) is -0.262. The highest BCUT2D eigenvalue weighted by atomic mass is 32.2. The van der Waals surface area contributed by atoms with Gasteiger partial charge in [-0.3, -0.25) is 0 Å². The van der Waals surface area contributed by atoms with Gasteiger partial charge in [0, 0.05) is 20.6 Å². The average Bonchev–Trinajstić information content (AvgIpc) is 1.84. The van der Waals surface area contributed by atoms with Crippen LogP contribution in [0.25, 0.3) is 0 Å². The third-order valence-electron chi connectivity index (χ3n) is 0.942. The molecule has 61 valence electrons. The second-order valence-corrected chi connectivity index (χ2v) is 4.00. The summed E-state index contributed by atoms with van der Waals surface area (Å²) in [4.78, 5) is 0. The van der Waals surface area contributed by atoms with E-state index in [-0.39, 0.29) is 0 Å². The molecule has 1 radical (unpaired) electrons. The summed E-state index contributed by atoms with van der Waals surface area (Å²) in [5, 5.41) is 0. The normalized spacial score (nSPS) is 12.4. The van der Waals surface area contributed by atoms with E-state index in [1.54, 1.807) is 0 Å². The molecular weight excluding hydrogens is 152 g/mol. The Bertz CT molecular complexity index is 174. The third kappa shape index (κ3) is 3.14. The number of hydrogen-bond acceptors (Lipinski definition) is 2. The summed E-state index contributed by atoms with van der Waals surface area (Å²) in [6, 6.07) is 0. The molecule has 0 atom stereocenters. The Morgan fingerprint density at radius 3 is 2.30 bits per heavy atom. The van der Waals surface area contributed by atoms with E-state index < -0.39 is 10.2 Å². The van der Waals surface area contributed by atoms with Gasteiger partial charge in [0.1, 0.15) is 0 Å². The Morgan fingerprint density at radius 1 is 1.50 bits per heavy atom. The van der Waals surface area contributed by atoms with E-state index in [0.717, 1.165) is 4.31 Å². The Morgan fingerprint density at radius 2 is 2.00 bits per heavy atom. The quantitative estimate of drug-likeness (QED) is 0.616. The first-order valence-electron chi connectivity index (χ1n) is 2.97. The maximum atomic E-state index is 10.9. The highest BCUT2D eigenvalue weighted by Gasteiger charge is 2.09. The van der Waals surface area contributed by atoms with Gasteiger partial charge in [0.15, 0.2) is 0 Å². The van der Waals surface area contributed by atoms with E-state index in [1.807, 2.05) is 0 Å². The van der Waals surface area contributed by atoms with Crippen molar-refractivity contribution in [2.45, 2.75) is 6.42 Å². The molecular formula is C5H13N2O2S. The number of rotatable bonds is 4. The third-order valence-corrected chi connectivity index (χ3v) is 2.47. The second-order valence-electron chi connectivity index (χ2n) is 2.04. The van der Waals surface area contributed by atoms with E-state index in [9.17, 15) is 8.42 Å². The average molecular weight is 165 g/mol. The highest BCUT2D eigenvalue weighted by molar-refractivity contribution is 7.87. The zero-order valence-electron chi connectivity index (χ0n) is 6.29. The van der Waals surface area contributed by atoms with Crippen molar-refractivity contribution in [3.63, 3.8) is 0 Å². The highest BCUT2D eigenvalue weighted by Crippen LogP contribution is 1.86. The van der Waals surface area contributed by atoms with E-state index >= 15 is 0 Å². The molecule has 5 heteroatoms. The molecule has 0 bridgehead atoms. The van der Waals surface area contributed by atoms with Gasteiger partial charge in [0.25, 0.3) is 10.2 Å². The Labute approximate surface area is 62.4 Å². The van der Waals surface area contributed by atoms with Crippen molar-refractivity contribution < 1.29 is 8.42 Å². The van der Waals surface area contributed by atoms with Crippen LogP contribution in [0.5, 0.6) is 0 Å². The molecule has 0 aliphatic rings. The Balaban J connectivity index is 3.90. The van der Waals surface area contributed by atoms with E-state index in [1.165, 1.54) is 14.1 Å². The first-order chi connectivity index (χ1) is 4.50. The molecule has 0 aromatic rings. The summed E-state index contributed by atoms with van der Waals surface area (Å²) in [5.74, 6) is 0. The molecule has 4 nitrogen and oxygen atoms in total. The van der Waals surface area contributed by atoms with Gasteiger partial charge in [-0.1, -0.05) is 6.92 Å². The zero-order chi connectivity index (χ0) is 8.20. The molecule has 0 rings (SSSR count). The second kappa shape index (κ2) is 3.90. The molecule has 0 heterocycles. The van der Waals surface area contributed by atoms with Gasteiger partial charge in [-0.2, -0.15) is 12.7 Å². The van der Waals surface area contributed by atoms with Crippen LogP contribution in [0.3, 0.4) is 0 Å². The lowest BCUT2D eigenvalue weighted by molar-refractivity contribution is 0.506. The summed E-state index contributed by atoms with van der Waals surface area (Å²) in [6.07, 6.45) is 0.563. The lowest BCUT2D eigenvalue weighted by atomic mass is 10.5. The maximum Gasteiger partial charge on any atom is 0.278 e. The van der Waals surface area contributed by atoms with Crippen molar-refractivity contribution in [1.82, 2.24) is 9.03 Å². The molecule has 0 amide bonds. The van der Waals surface area contributed by atoms with Crippen LogP contribution < -0.4 is 4.72 Å². The van der Waals surface area contributed by atoms with Gasteiger partial charge in [-0.05, 0) is 6.42 Å². The molecule has 0 saturated heterocycles. The minimum absolute atomic E-state index is 0.389. The van der Waals surface area contributed by atoms with Crippen LogP contribution in [-0.2, 0) is 10.2 Å². The number of nitrogens with one attached hydrogen (secondary N) is 1. The van der Waals surface area contributed by atoms with E-state index in [2.05, 4.69) is 11.6 Å². The van der Waals surface area contributed by atoms with Crippen molar-refractivity contribution in [1.29, 1.82) is 0 Å². The fourth-order valence-electron chi connectivity index (χ4n) is 0.330. The van der Waals surface area contributed by atoms with E-state index in [0.29, 0.717) is 13.0 Å². The molecule has 0 saturated carbocycles.